The van der Waals surface area contributed by atoms with Crippen LogP contribution in [-0.4, -0.2) is 24.5 Å². The van der Waals surface area contributed by atoms with Gasteiger partial charge in [-0.3, -0.25) is 4.90 Å². The number of hydrogen-bond acceptors (Lipinski definition) is 3. The van der Waals surface area contributed by atoms with E-state index in [0.717, 1.165) is 25.6 Å². The number of nitrogens with zero attached hydrogens (tertiary/aromatic N) is 1. The standard InChI is InChI=1S/C16H30N2S/c1-6-7-14(4)18(5)12-16-9-8-15(19-16)11-17-10-13(2)3/h8-9,13-14,17H,6-7,10-12H2,1-5H3. The zero-order valence-electron chi connectivity index (χ0n) is 13.2. The average molecular weight is 282 g/mol. The first kappa shape index (κ1) is 16.7. The molecule has 1 aromatic heterocycles. The van der Waals surface area contributed by atoms with Gasteiger partial charge in [-0.05, 0) is 45.0 Å². The Hall–Kier alpha value is -0.380. The van der Waals surface area contributed by atoms with Crippen molar-refractivity contribution in [3.63, 3.8) is 0 Å². The Balaban J connectivity index is 2.37. The number of rotatable bonds is 9. The Bertz CT molecular complexity index is 346. The molecule has 0 amide bonds. The van der Waals surface area contributed by atoms with Crippen molar-refractivity contribution < 1.29 is 0 Å². The highest BCUT2D eigenvalue weighted by atomic mass is 32.1. The van der Waals surface area contributed by atoms with Crippen LogP contribution in [0.2, 0.25) is 0 Å². The van der Waals surface area contributed by atoms with Gasteiger partial charge in [0.15, 0.2) is 0 Å². The Morgan fingerprint density at radius 3 is 2.53 bits per heavy atom. The maximum atomic E-state index is 3.51. The van der Waals surface area contributed by atoms with Gasteiger partial charge in [0.05, 0.1) is 0 Å². The largest absolute Gasteiger partial charge is 0.312 e. The van der Waals surface area contributed by atoms with Crippen LogP contribution in [0.25, 0.3) is 0 Å². The van der Waals surface area contributed by atoms with Crippen molar-refractivity contribution in [1.82, 2.24) is 10.2 Å². The van der Waals surface area contributed by atoms with E-state index in [1.807, 2.05) is 11.3 Å². The summed E-state index contributed by atoms with van der Waals surface area (Å²) < 4.78 is 0. The second-order valence-corrected chi connectivity index (χ2v) is 7.20. The van der Waals surface area contributed by atoms with Gasteiger partial charge in [-0.2, -0.15) is 0 Å². The SMILES string of the molecule is CCCC(C)N(C)Cc1ccc(CNCC(C)C)s1. The quantitative estimate of drug-likeness (QED) is 0.733. The molecule has 3 heteroatoms. The van der Waals surface area contributed by atoms with Gasteiger partial charge in [0, 0.05) is 28.9 Å². The van der Waals surface area contributed by atoms with Crippen molar-refractivity contribution in [3.8, 4) is 0 Å². The summed E-state index contributed by atoms with van der Waals surface area (Å²) in [6.45, 7) is 12.3. The van der Waals surface area contributed by atoms with Crippen LogP contribution in [0.1, 0.15) is 50.3 Å². The van der Waals surface area contributed by atoms with Gasteiger partial charge in [-0.15, -0.1) is 11.3 Å². The van der Waals surface area contributed by atoms with E-state index in [0.29, 0.717) is 6.04 Å². The molecule has 0 aliphatic carbocycles. The lowest BCUT2D eigenvalue weighted by molar-refractivity contribution is 0.239. The molecule has 1 N–H and O–H groups in total. The van der Waals surface area contributed by atoms with Crippen LogP contribution in [0.15, 0.2) is 12.1 Å². The van der Waals surface area contributed by atoms with Crippen molar-refractivity contribution in [2.75, 3.05) is 13.6 Å². The molecule has 0 spiro atoms. The van der Waals surface area contributed by atoms with Crippen LogP contribution in [0, 0.1) is 5.92 Å². The highest BCUT2D eigenvalue weighted by molar-refractivity contribution is 7.11. The molecule has 0 saturated heterocycles. The second kappa shape index (κ2) is 8.72. The summed E-state index contributed by atoms with van der Waals surface area (Å²) in [5, 5.41) is 3.51. The molecular formula is C16H30N2S. The van der Waals surface area contributed by atoms with E-state index in [4.69, 9.17) is 0 Å². The average Bonchev–Trinajstić information content (AvgIpc) is 2.76. The van der Waals surface area contributed by atoms with Crippen molar-refractivity contribution in [1.29, 1.82) is 0 Å². The van der Waals surface area contributed by atoms with Gasteiger partial charge < -0.3 is 5.32 Å². The van der Waals surface area contributed by atoms with Crippen molar-refractivity contribution in [2.24, 2.45) is 5.92 Å². The predicted molar refractivity (Wildman–Crippen MR) is 86.7 cm³/mol. The van der Waals surface area contributed by atoms with E-state index in [2.05, 4.69) is 57.1 Å². The Morgan fingerprint density at radius 2 is 1.89 bits per heavy atom. The van der Waals surface area contributed by atoms with Gasteiger partial charge in [0.2, 0.25) is 0 Å². The monoisotopic (exact) mass is 282 g/mol. The third kappa shape index (κ3) is 6.55. The maximum Gasteiger partial charge on any atom is 0.0327 e. The Morgan fingerprint density at radius 1 is 1.21 bits per heavy atom. The summed E-state index contributed by atoms with van der Waals surface area (Å²) in [4.78, 5) is 5.39. The smallest absolute Gasteiger partial charge is 0.0327 e. The molecule has 0 aliphatic rings. The molecule has 19 heavy (non-hydrogen) atoms. The van der Waals surface area contributed by atoms with Gasteiger partial charge in [-0.1, -0.05) is 27.2 Å². The van der Waals surface area contributed by atoms with Gasteiger partial charge >= 0.3 is 0 Å². The topological polar surface area (TPSA) is 15.3 Å². The number of thiophene rings is 1. The van der Waals surface area contributed by atoms with Gasteiger partial charge in [0.1, 0.15) is 0 Å². The second-order valence-electron chi connectivity index (χ2n) is 5.95. The molecule has 0 aromatic carbocycles. The number of nitrogens with one attached hydrogen (secondary N) is 1. The zero-order chi connectivity index (χ0) is 14.3. The van der Waals surface area contributed by atoms with Gasteiger partial charge in [-0.25, -0.2) is 0 Å². The van der Waals surface area contributed by atoms with E-state index >= 15 is 0 Å². The van der Waals surface area contributed by atoms with Crippen LogP contribution in [0.4, 0.5) is 0 Å². The van der Waals surface area contributed by atoms with Gasteiger partial charge in [0.25, 0.3) is 0 Å². The summed E-state index contributed by atoms with van der Waals surface area (Å²) in [6, 6.07) is 5.23. The van der Waals surface area contributed by atoms with E-state index < -0.39 is 0 Å². The lowest BCUT2D eigenvalue weighted by Crippen LogP contribution is -2.27. The number of hydrogen-bond donors (Lipinski definition) is 1. The molecular weight excluding hydrogens is 252 g/mol. The third-order valence-corrected chi connectivity index (χ3v) is 4.50. The third-order valence-electron chi connectivity index (χ3n) is 3.43. The molecule has 1 atom stereocenters. The lowest BCUT2D eigenvalue weighted by Gasteiger charge is -2.23. The van der Waals surface area contributed by atoms with Crippen LogP contribution in [0.5, 0.6) is 0 Å². The molecule has 0 saturated carbocycles. The first-order valence-corrected chi connectivity index (χ1v) is 8.33. The Kier molecular flexibility index (Phi) is 7.66. The molecule has 0 bridgehead atoms. The minimum Gasteiger partial charge on any atom is -0.312 e. The van der Waals surface area contributed by atoms with Crippen molar-refractivity contribution in [3.05, 3.63) is 21.9 Å². The van der Waals surface area contributed by atoms with Crippen LogP contribution in [0.3, 0.4) is 0 Å². The first-order valence-electron chi connectivity index (χ1n) is 7.51. The lowest BCUT2D eigenvalue weighted by atomic mass is 10.2. The predicted octanol–water partition coefficient (Wildman–Crippen LogP) is 4.11. The van der Waals surface area contributed by atoms with Crippen LogP contribution < -0.4 is 5.32 Å². The first-order chi connectivity index (χ1) is 9.02. The fraction of sp³-hybridized carbons (Fsp3) is 0.750. The summed E-state index contributed by atoms with van der Waals surface area (Å²) in [5.41, 5.74) is 0. The summed E-state index contributed by atoms with van der Waals surface area (Å²) >= 11 is 1.94. The van der Waals surface area contributed by atoms with Crippen molar-refractivity contribution >= 4 is 11.3 Å². The normalized spacial score (nSPS) is 13.4. The summed E-state index contributed by atoms with van der Waals surface area (Å²) in [5.74, 6) is 0.723. The summed E-state index contributed by atoms with van der Waals surface area (Å²) in [6.07, 6.45) is 2.55. The molecule has 1 aromatic rings. The van der Waals surface area contributed by atoms with E-state index in [1.165, 1.54) is 22.6 Å². The molecule has 1 rings (SSSR count). The summed E-state index contributed by atoms with van der Waals surface area (Å²) in [7, 11) is 2.23. The molecule has 110 valence electrons. The van der Waals surface area contributed by atoms with E-state index in [1.54, 1.807) is 0 Å². The van der Waals surface area contributed by atoms with Crippen LogP contribution in [-0.2, 0) is 13.1 Å². The van der Waals surface area contributed by atoms with Crippen molar-refractivity contribution in [2.45, 2.75) is 59.7 Å². The van der Waals surface area contributed by atoms with Crippen LogP contribution >= 0.6 is 11.3 Å². The van der Waals surface area contributed by atoms with E-state index in [9.17, 15) is 0 Å². The molecule has 0 fully saturated rings. The van der Waals surface area contributed by atoms with E-state index in [-0.39, 0.29) is 0 Å². The minimum atomic E-state index is 0.676. The molecule has 0 aliphatic heterocycles. The highest BCUT2D eigenvalue weighted by Gasteiger charge is 2.10. The minimum absolute atomic E-state index is 0.676. The Labute approximate surface area is 123 Å². The molecule has 1 unspecified atom stereocenters. The fourth-order valence-electron chi connectivity index (χ4n) is 2.13. The zero-order valence-corrected chi connectivity index (χ0v) is 14.0. The molecule has 1 heterocycles. The maximum absolute atomic E-state index is 3.51. The highest BCUT2D eigenvalue weighted by Crippen LogP contribution is 2.19. The fourth-order valence-corrected chi connectivity index (χ4v) is 3.18. The molecule has 2 nitrogen and oxygen atoms in total. The molecule has 0 radical (unpaired) electrons.